The topological polar surface area (TPSA) is 37.1 Å². The third kappa shape index (κ3) is 6.67. The van der Waals surface area contributed by atoms with Crippen molar-refractivity contribution in [2.75, 3.05) is 0 Å². The summed E-state index contributed by atoms with van der Waals surface area (Å²) < 4.78 is 0. The summed E-state index contributed by atoms with van der Waals surface area (Å²) in [6.07, 6.45) is 47.5. The van der Waals surface area contributed by atoms with Crippen LogP contribution >= 0.6 is 0 Å². The number of dihydropyridines is 1. The fraction of sp³-hybridized carbons (Fsp3) is 0.174. The highest BCUT2D eigenvalue weighted by Gasteiger charge is 2.47. The predicted molar refractivity (Wildman–Crippen MR) is 301 cm³/mol. The Labute approximate surface area is 423 Å². The van der Waals surface area contributed by atoms with Gasteiger partial charge in [-0.1, -0.05) is 176 Å². The van der Waals surface area contributed by atoms with Gasteiger partial charge in [-0.2, -0.15) is 0 Å². The van der Waals surface area contributed by atoms with E-state index in [1.54, 1.807) is 0 Å². The second kappa shape index (κ2) is 17.4. The molecule has 5 aromatic rings. The average molecular weight is 926 g/mol. The van der Waals surface area contributed by atoms with Gasteiger partial charge in [0.25, 0.3) is 0 Å². The van der Waals surface area contributed by atoms with Gasteiger partial charge in [0.1, 0.15) is 6.04 Å². The van der Waals surface area contributed by atoms with Gasteiger partial charge in [0.05, 0.1) is 16.8 Å². The lowest BCUT2D eigenvalue weighted by Gasteiger charge is -2.39. The molecule has 72 heavy (non-hydrogen) atoms. The largest absolute Gasteiger partial charge is 0.283 e. The zero-order chi connectivity index (χ0) is 47.8. The van der Waals surface area contributed by atoms with Crippen LogP contribution in [-0.4, -0.2) is 25.2 Å². The van der Waals surface area contributed by atoms with E-state index in [4.69, 9.17) is 15.0 Å². The molecule has 3 nitrogen and oxygen atoms in total. The van der Waals surface area contributed by atoms with Crippen LogP contribution in [0.1, 0.15) is 77.8 Å². The molecule has 3 heteroatoms. The Morgan fingerprint density at radius 1 is 0.667 bits per heavy atom. The van der Waals surface area contributed by atoms with Crippen molar-refractivity contribution in [3.63, 3.8) is 0 Å². The number of hydrogen-bond donors (Lipinski definition) is 0. The van der Waals surface area contributed by atoms with E-state index in [2.05, 4.69) is 219 Å². The lowest BCUT2D eigenvalue weighted by Crippen LogP contribution is -2.35. The maximum Gasteiger partial charge on any atom is 0.102 e. The molecule has 0 radical (unpaired) electrons. The molecule has 0 aromatic heterocycles. The molecule has 0 N–H and O–H groups in total. The summed E-state index contributed by atoms with van der Waals surface area (Å²) in [6, 6.07) is 41.6. The fourth-order valence-electron chi connectivity index (χ4n) is 13.7. The van der Waals surface area contributed by atoms with Gasteiger partial charge >= 0.3 is 0 Å². The van der Waals surface area contributed by atoms with Gasteiger partial charge < -0.3 is 0 Å². The number of benzene rings is 5. The molecule has 346 valence electrons. The van der Waals surface area contributed by atoms with Gasteiger partial charge in [0.15, 0.2) is 0 Å². The molecular formula is C69H55N3. The normalized spacial score (nSPS) is 26.8. The number of nitrogens with zero attached hydrogens (tertiary/aromatic N) is 3. The Morgan fingerprint density at radius 2 is 1.57 bits per heavy atom. The molecule has 6 atom stereocenters. The highest BCUT2D eigenvalue weighted by molar-refractivity contribution is 5.89. The maximum absolute atomic E-state index is 4.97. The van der Waals surface area contributed by atoms with Crippen LogP contribution in [0.3, 0.4) is 0 Å². The fourth-order valence-corrected chi connectivity index (χ4v) is 13.7. The van der Waals surface area contributed by atoms with Crippen molar-refractivity contribution in [1.29, 1.82) is 0 Å². The first-order valence-corrected chi connectivity index (χ1v) is 26.1. The highest BCUT2D eigenvalue weighted by Crippen LogP contribution is 2.57. The zero-order valence-electron chi connectivity index (χ0n) is 40.5. The van der Waals surface area contributed by atoms with Gasteiger partial charge in [-0.3, -0.25) is 15.0 Å². The molecule has 0 fully saturated rings. The molecule has 2 heterocycles. The van der Waals surface area contributed by atoms with Crippen LogP contribution in [0, 0.1) is 17.8 Å². The molecule has 0 saturated carbocycles. The summed E-state index contributed by atoms with van der Waals surface area (Å²) in [5, 5.41) is 2.31. The number of hydrogen-bond acceptors (Lipinski definition) is 3. The van der Waals surface area contributed by atoms with Crippen molar-refractivity contribution in [1.82, 2.24) is 0 Å². The highest BCUT2D eigenvalue weighted by atomic mass is 14.9. The SMILES string of the molecule is C=N/C(c1cccc(-c2ccc3c(c2)C2=C(C=CCC2)C2C=C(C4CC=NC5=C4C=CC4C=CC=NC54)C=CC32)c1)=c1/cc2c(c/c1=C1\C=CC=CC1)C(C1=CCCC=C1)(c1ccccc1)c1ccccc1-2. The molecule has 9 aliphatic rings. The van der Waals surface area contributed by atoms with Gasteiger partial charge in [-0.15, -0.1) is 0 Å². The van der Waals surface area contributed by atoms with Crippen molar-refractivity contribution in [3.05, 3.63) is 278 Å². The molecular weight excluding hydrogens is 871 g/mol. The van der Waals surface area contributed by atoms with E-state index in [1.165, 1.54) is 88.7 Å². The van der Waals surface area contributed by atoms with Gasteiger partial charge in [0.2, 0.25) is 0 Å². The first-order valence-electron chi connectivity index (χ1n) is 26.1. The third-order valence-corrected chi connectivity index (χ3v) is 16.9. The Balaban J connectivity index is 0.884. The molecule has 7 aliphatic carbocycles. The summed E-state index contributed by atoms with van der Waals surface area (Å²) in [4.78, 5) is 14.8. The van der Waals surface area contributed by atoms with Crippen molar-refractivity contribution in [3.8, 4) is 22.3 Å². The van der Waals surface area contributed by atoms with Gasteiger partial charge in [0, 0.05) is 46.9 Å². The Kier molecular flexibility index (Phi) is 10.3. The van der Waals surface area contributed by atoms with Gasteiger partial charge in [-0.05, 0) is 164 Å². The number of aliphatic imine (C=N–C) groups is 3. The van der Waals surface area contributed by atoms with Crippen molar-refractivity contribution in [2.24, 2.45) is 32.7 Å². The van der Waals surface area contributed by atoms with E-state index in [0.29, 0.717) is 5.92 Å². The summed E-state index contributed by atoms with van der Waals surface area (Å²) in [7, 11) is 0. The Hall–Kier alpha value is -8.01. The van der Waals surface area contributed by atoms with Crippen LogP contribution in [-0.2, 0) is 5.41 Å². The Morgan fingerprint density at radius 3 is 2.46 bits per heavy atom. The summed E-state index contributed by atoms with van der Waals surface area (Å²) in [5.41, 5.74) is 22.6. The molecule has 0 saturated heterocycles. The molecule has 5 aromatic carbocycles. The minimum Gasteiger partial charge on any atom is -0.283 e. The van der Waals surface area contributed by atoms with E-state index in [-0.39, 0.29) is 23.8 Å². The van der Waals surface area contributed by atoms with E-state index < -0.39 is 5.41 Å². The summed E-state index contributed by atoms with van der Waals surface area (Å²) >= 11 is 0. The maximum atomic E-state index is 4.97. The third-order valence-electron chi connectivity index (χ3n) is 16.9. The molecule has 0 spiro atoms. The van der Waals surface area contributed by atoms with Crippen molar-refractivity contribution in [2.45, 2.75) is 55.9 Å². The van der Waals surface area contributed by atoms with Crippen molar-refractivity contribution < 1.29 is 0 Å². The summed E-state index contributed by atoms with van der Waals surface area (Å²) in [6.45, 7) is 4.31. The summed E-state index contributed by atoms with van der Waals surface area (Å²) in [5.74, 6) is 1.14. The standard InChI is InChI=1S/C69H55N3/c1-70-66(63-42-62-57-28-13-14-29-64(57)69(50-22-7-3-8-23-50,51-24-9-4-10-25-51)65(62)43-59(63)44-17-5-2-6-18-44)49-20-15-19-46(39-49)47-31-33-55-56-34-32-48(41-61(56)54-27-12-11-26-53(54)60(55)40-47)52-36-38-72-68-58(52)35-30-45-21-16-37-71-67(45)68/h2-3,5-9,12-17,19-25,27-35,37-43,45,52,56,61,67H,1,4,10-11,18,26,36H2/b59-44-,66-63-. The quantitative estimate of drug-likeness (QED) is 0.152. The predicted octanol–water partition coefficient (Wildman–Crippen LogP) is 14.3. The van der Waals surface area contributed by atoms with E-state index in [1.807, 2.05) is 6.21 Å². The average Bonchev–Trinajstić information content (AvgIpc) is 3.75. The molecule has 2 aliphatic heterocycles. The van der Waals surface area contributed by atoms with E-state index in [0.717, 1.165) is 60.7 Å². The van der Waals surface area contributed by atoms with E-state index in [9.17, 15) is 0 Å². The van der Waals surface area contributed by atoms with Crippen LogP contribution in [0.2, 0.25) is 0 Å². The minimum atomic E-state index is -0.457. The van der Waals surface area contributed by atoms with Crippen LogP contribution in [0.25, 0.3) is 39.1 Å². The zero-order valence-corrected chi connectivity index (χ0v) is 40.5. The van der Waals surface area contributed by atoms with Crippen molar-refractivity contribution >= 4 is 36.0 Å². The Bertz CT molecular complexity index is 3730. The number of allylic oxidation sites excluding steroid dienone is 19. The monoisotopic (exact) mass is 925 g/mol. The molecule has 6 unspecified atom stereocenters. The smallest absolute Gasteiger partial charge is 0.102 e. The van der Waals surface area contributed by atoms with Gasteiger partial charge in [-0.25, -0.2) is 0 Å². The second-order valence-electron chi connectivity index (χ2n) is 20.6. The molecule has 0 amide bonds. The minimum absolute atomic E-state index is 0.0768. The lowest BCUT2D eigenvalue weighted by molar-refractivity contribution is 0.596. The number of fused-ring (bicyclic) bond motifs is 10. The first-order chi connectivity index (χ1) is 35.7. The lowest BCUT2D eigenvalue weighted by atomic mass is 9.65. The van der Waals surface area contributed by atoms with Crippen LogP contribution in [0.5, 0.6) is 0 Å². The van der Waals surface area contributed by atoms with Crippen LogP contribution in [0.4, 0.5) is 0 Å². The van der Waals surface area contributed by atoms with Crippen LogP contribution in [0.15, 0.2) is 249 Å². The molecule has 14 rings (SSSR count). The van der Waals surface area contributed by atoms with Crippen LogP contribution < -0.4 is 10.4 Å². The molecule has 0 bridgehead atoms. The van der Waals surface area contributed by atoms with E-state index >= 15 is 0 Å². The first kappa shape index (κ1) is 42.8. The second-order valence-corrected chi connectivity index (χ2v) is 20.6. The number of rotatable bonds is 6.